The fourth-order valence-electron chi connectivity index (χ4n) is 2.14. The van der Waals surface area contributed by atoms with Gasteiger partial charge in [-0.25, -0.2) is 0 Å². The van der Waals surface area contributed by atoms with E-state index >= 15 is 0 Å². The first-order valence-electron chi connectivity index (χ1n) is 7.22. The van der Waals surface area contributed by atoms with Crippen LogP contribution in [0.1, 0.15) is 33.9 Å². The van der Waals surface area contributed by atoms with Crippen molar-refractivity contribution in [3.8, 4) is 0 Å². The Balaban J connectivity index is 1.95. The predicted molar refractivity (Wildman–Crippen MR) is 91.0 cm³/mol. The van der Waals surface area contributed by atoms with Crippen molar-refractivity contribution in [2.24, 2.45) is 0 Å². The van der Waals surface area contributed by atoms with E-state index in [-0.39, 0.29) is 12.3 Å². The number of carboxylic acids is 1. The number of hydrogen-bond donors (Lipinski definition) is 2. The zero-order valence-electron chi connectivity index (χ0n) is 13.1. The van der Waals surface area contributed by atoms with Gasteiger partial charge in [-0.2, -0.15) is 11.8 Å². The minimum Gasteiger partial charge on any atom is -0.481 e. The van der Waals surface area contributed by atoms with Gasteiger partial charge in [-0.1, -0.05) is 12.1 Å². The van der Waals surface area contributed by atoms with Crippen LogP contribution >= 0.6 is 11.8 Å². The number of rotatable bonds is 7. The number of carboxylic acid groups (broad SMARTS) is 1. The van der Waals surface area contributed by atoms with E-state index in [0.717, 1.165) is 5.56 Å². The van der Waals surface area contributed by atoms with Gasteiger partial charge in [-0.3, -0.25) is 9.59 Å². The number of aryl methyl sites for hydroxylation is 2. The highest BCUT2D eigenvalue weighted by atomic mass is 32.2. The molecule has 0 aliphatic carbocycles. The SMILES string of the molecule is Cc1cc(C(=O)Nc2cccc(CSCCC(=O)O)c2)c(C)o1. The van der Waals surface area contributed by atoms with Crippen molar-refractivity contribution in [1.29, 1.82) is 0 Å². The molecule has 0 spiro atoms. The Bertz CT molecular complexity index is 708. The van der Waals surface area contributed by atoms with Crippen LogP contribution in [0.15, 0.2) is 34.7 Å². The largest absolute Gasteiger partial charge is 0.481 e. The molecule has 6 heteroatoms. The fraction of sp³-hybridized carbons (Fsp3) is 0.294. The van der Waals surface area contributed by atoms with Crippen LogP contribution in [-0.2, 0) is 10.5 Å². The summed E-state index contributed by atoms with van der Waals surface area (Å²) in [5, 5.41) is 11.5. The summed E-state index contributed by atoms with van der Waals surface area (Å²) in [6, 6.07) is 9.27. The molecule has 5 nitrogen and oxygen atoms in total. The third-order valence-electron chi connectivity index (χ3n) is 3.20. The van der Waals surface area contributed by atoms with E-state index in [1.807, 2.05) is 24.3 Å². The van der Waals surface area contributed by atoms with Crippen LogP contribution in [0.25, 0.3) is 0 Å². The van der Waals surface area contributed by atoms with Gasteiger partial charge >= 0.3 is 5.97 Å². The lowest BCUT2D eigenvalue weighted by molar-refractivity contribution is -0.136. The molecule has 2 aromatic rings. The molecular weight excluding hydrogens is 314 g/mol. The van der Waals surface area contributed by atoms with E-state index in [0.29, 0.717) is 34.3 Å². The Labute approximate surface area is 139 Å². The normalized spacial score (nSPS) is 10.5. The van der Waals surface area contributed by atoms with Crippen LogP contribution in [0.3, 0.4) is 0 Å². The highest BCUT2D eigenvalue weighted by molar-refractivity contribution is 7.98. The van der Waals surface area contributed by atoms with Crippen molar-refractivity contribution >= 4 is 29.3 Å². The minimum atomic E-state index is -0.788. The summed E-state index contributed by atoms with van der Waals surface area (Å²) in [7, 11) is 0. The van der Waals surface area contributed by atoms with E-state index < -0.39 is 5.97 Å². The maximum Gasteiger partial charge on any atom is 0.304 e. The lowest BCUT2D eigenvalue weighted by Gasteiger charge is -2.07. The Kier molecular flexibility index (Phi) is 5.87. The topological polar surface area (TPSA) is 79.5 Å². The van der Waals surface area contributed by atoms with Gasteiger partial charge in [0, 0.05) is 17.2 Å². The van der Waals surface area contributed by atoms with Gasteiger partial charge in [0.05, 0.1) is 12.0 Å². The van der Waals surface area contributed by atoms with Crippen molar-refractivity contribution in [1.82, 2.24) is 0 Å². The average molecular weight is 333 g/mol. The first-order chi connectivity index (χ1) is 11.0. The molecule has 0 saturated carbocycles. The van der Waals surface area contributed by atoms with Crippen molar-refractivity contribution in [2.45, 2.75) is 26.0 Å². The zero-order valence-corrected chi connectivity index (χ0v) is 13.9. The maximum absolute atomic E-state index is 12.3. The zero-order chi connectivity index (χ0) is 16.8. The van der Waals surface area contributed by atoms with E-state index in [2.05, 4.69) is 5.32 Å². The van der Waals surface area contributed by atoms with E-state index in [1.54, 1.807) is 31.7 Å². The molecule has 0 aliphatic rings. The summed E-state index contributed by atoms with van der Waals surface area (Å²) in [4.78, 5) is 22.7. The second kappa shape index (κ2) is 7.87. The third kappa shape index (κ3) is 5.17. The van der Waals surface area contributed by atoms with Gasteiger partial charge in [0.2, 0.25) is 0 Å². The van der Waals surface area contributed by atoms with Gasteiger partial charge in [0.25, 0.3) is 5.91 Å². The molecule has 0 fully saturated rings. The summed E-state index contributed by atoms with van der Waals surface area (Å²) in [6.07, 6.45) is 0.153. The van der Waals surface area contributed by atoms with Crippen molar-refractivity contribution in [3.63, 3.8) is 0 Å². The number of benzene rings is 1. The lowest BCUT2D eigenvalue weighted by Crippen LogP contribution is -2.12. The predicted octanol–water partition coefficient (Wildman–Crippen LogP) is 3.86. The van der Waals surface area contributed by atoms with Crippen LogP contribution in [-0.4, -0.2) is 22.7 Å². The number of carbonyl (C=O) groups excluding carboxylic acids is 1. The molecule has 0 radical (unpaired) electrons. The molecule has 0 atom stereocenters. The van der Waals surface area contributed by atoms with Gasteiger partial charge in [0.15, 0.2) is 0 Å². The van der Waals surface area contributed by atoms with Crippen LogP contribution in [0.5, 0.6) is 0 Å². The smallest absolute Gasteiger partial charge is 0.304 e. The molecular formula is C17H19NO4S. The summed E-state index contributed by atoms with van der Waals surface area (Å²) < 4.78 is 5.37. The number of nitrogens with one attached hydrogen (secondary N) is 1. The fourth-order valence-corrected chi connectivity index (χ4v) is 3.02. The van der Waals surface area contributed by atoms with Crippen LogP contribution in [0.2, 0.25) is 0 Å². The second-order valence-electron chi connectivity index (χ2n) is 5.18. The highest BCUT2D eigenvalue weighted by Crippen LogP contribution is 2.19. The van der Waals surface area contributed by atoms with Gasteiger partial charge in [-0.15, -0.1) is 0 Å². The first kappa shape index (κ1) is 17.1. The Morgan fingerprint density at radius 2 is 2.04 bits per heavy atom. The summed E-state index contributed by atoms with van der Waals surface area (Å²) in [5.41, 5.74) is 2.28. The molecule has 0 aliphatic heterocycles. The van der Waals surface area contributed by atoms with E-state index in [4.69, 9.17) is 9.52 Å². The molecule has 2 N–H and O–H groups in total. The molecule has 1 aromatic carbocycles. The Hall–Kier alpha value is -2.21. The lowest BCUT2D eigenvalue weighted by atomic mass is 10.2. The molecule has 2 rings (SSSR count). The molecule has 1 heterocycles. The van der Waals surface area contributed by atoms with Gasteiger partial charge in [0.1, 0.15) is 11.5 Å². The Morgan fingerprint density at radius 3 is 2.70 bits per heavy atom. The van der Waals surface area contributed by atoms with Crippen LogP contribution in [0, 0.1) is 13.8 Å². The summed E-state index contributed by atoms with van der Waals surface area (Å²) >= 11 is 1.56. The molecule has 0 saturated heterocycles. The number of aliphatic carboxylic acids is 1. The maximum atomic E-state index is 12.3. The van der Waals surface area contributed by atoms with Crippen LogP contribution < -0.4 is 5.32 Å². The molecule has 1 amide bonds. The quantitative estimate of drug-likeness (QED) is 0.752. The first-order valence-corrected chi connectivity index (χ1v) is 8.38. The summed E-state index contributed by atoms with van der Waals surface area (Å²) in [5.74, 6) is 1.59. The number of hydrogen-bond acceptors (Lipinski definition) is 4. The van der Waals surface area contributed by atoms with E-state index in [9.17, 15) is 9.59 Å². The molecule has 0 bridgehead atoms. The van der Waals surface area contributed by atoms with Crippen LogP contribution in [0.4, 0.5) is 5.69 Å². The van der Waals surface area contributed by atoms with Gasteiger partial charge < -0.3 is 14.8 Å². The average Bonchev–Trinajstić information content (AvgIpc) is 2.83. The molecule has 23 heavy (non-hydrogen) atoms. The monoisotopic (exact) mass is 333 g/mol. The second-order valence-corrected chi connectivity index (χ2v) is 6.28. The minimum absolute atomic E-state index is 0.153. The molecule has 0 unspecified atom stereocenters. The molecule has 122 valence electrons. The molecule has 1 aromatic heterocycles. The summed E-state index contributed by atoms with van der Waals surface area (Å²) in [6.45, 7) is 3.57. The number of anilines is 1. The van der Waals surface area contributed by atoms with Crippen molar-refractivity contribution < 1.29 is 19.1 Å². The number of thioether (sulfide) groups is 1. The van der Waals surface area contributed by atoms with Crippen molar-refractivity contribution in [3.05, 3.63) is 53.0 Å². The Morgan fingerprint density at radius 1 is 1.26 bits per heavy atom. The third-order valence-corrected chi connectivity index (χ3v) is 4.23. The number of furan rings is 1. The number of carbonyl (C=O) groups is 2. The highest BCUT2D eigenvalue weighted by Gasteiger charge is 2.13. The standard InChI is InChI=1S/C17H19NO4S/c1-11-8-15(12(2)22-11)17(21)18-14-5-3-4-13(9-14)10-23-7-6-16(19)20/h3-5,8-9H,6-7,10H2,1-2H3,(H,18,21)(H,19,20). The number of amides is 1. The van der Waals surface area contributed by atoms with E-state index in [1.165, 1.54) is 0 Å². The van der Waals surface area contributed by atoms with Gasteiger partial charge in [-0.05, 0) is 37.6 Å². The van der Waals surface area contributed by atoms with Crippen molar-refractivity contribution in [2.75, 3.05) is 11.1 Å².